The Morgan fingerprint density at radius 3 is 2.93 bits per heavy atom. The number of alkyl carbamates (subject to hydrolysis) is 1. The number of aromatic amines is 1. The van der Waals surface area contributed by atoms with Crippen LogP contribution in [-0.4, -0.2) is 46.6 Å². The summed E-state index contributed by atoms with van der Waals surface area (Å²) in [6.45, 7) is 8.84. The van der Waals surface area contributed by atoms with Crippen molar-refractivity contribution in [1.29, 1.82) is 0 Å². The standard InChI is InChI=1S/C19H27N5O4/c1-11(8-22-18(25)28-19(2,3)4)10-27-14-9-21-12-5-6-26-17(12)16(14)13-7-15(20)24-23-13/h7,9,11H,5-6,8,10H2,1-4H3,(H,22,25)(H3,20,23,24)/t11-/m0/s1. The molecule has 0 saturated heterocycles. The molecule has 1 aliphatic heterocycles. The van der Waals surface area contributed by atoms with E-state index in [1.165, 1.54) is 0 Å². The van der Waals surface area contributed by atoms with Crippen molar-refractivity contribution in [2.45, 2.75) is 39.7 Å². The van der Waals surface area contributed by atoms with E-state index in [0.717, 1.165) is 17.7 Å². The van der Waals surface area contributed by atoms with Crippen LogP contribution in [0.2, 0.25) is 0 Å². The molecular formula is C19H27N5O4. The van der Waals surface area contributed by atoms with Gasteiger partial charge in [-0.2, -0.15) is 5.10 Å². The third-order valence-electron chi connectivity index (χ3n) is 4.04. The zero-order valence-corrected chi connectivity index (χ0v) is 16.7. The molecule has 2 aromatic heterocycles. The Hall–Kier alpha value is -2.97. The first-order chi connectivity index (χ1) is 13.2. The van der Waals surface area contributed by atoms with Gasteiger partial charge in [0.15, 0.2) is 11.5 Å². The third-order valence-corrected chi connectivity index (χ3v) is 4.04. The molecule has 0 aliphatic carbocycles. The Morgan fingerprint density at radius 1 is 1.46 bits per heavy atom. The summed E-state index contributed by atoms with van der Waals surface area (Å²) >= 11 is 0. The lowest BCUT2D eigenvalue weighted by Gasteiger charge is -2.21. The normalized spacial score (nSPS) is 14.1. The molecule has 0 fully saturated rings. The maximum atomic E-state index is 11.8. The van der Waals surface area contributed by atoms with Crippen LogP contribution in [0, 0.1) is 5.92 Å². The van der Waals surface area contributed by atoms with E-state index in [4.69, 9.17) is 19.9 Å². The van der Waals surface area contributed by atoms with Crippen LogP contribution in [0.1, 0.15) is 33.4 Å². The van der Waals surface area contributed by atoms with Crippen molar-refractivity contribution in [1.82, 2.24) is 20.5 Å². The van der Waals surface area contributed by atoms with Gasteiger partial charge in [0.2, 0.25) is 0 Å². The van der Waals surface area contributed by atoms with Gasteiger partial charge in [-0.05, 0) is 20.8 Å². The minimum atomic E-state index is -0.527. The van der Waals surface area contributed by atoms with Gasteiger partial charge in [-0.25, -0.2) is 4.79 Å². The van der Waals surface area contributed by atoms with Crippen molar-refractivity contribution in [2.24, 2.45) is 5.92 Å². The van der Waals surface area contributed by atoms with E-state index in [2.05, 4.69) is 20.5 Å². The Bertz CT molecular complexity index is 843. The second kappa shape index (κ2) is 7.95. The summed E-state index contributed by atoms with van der Waals surface area (Å²) in [5, 5.41) is 9.65. The minimum Gasteiger partial charge on any atom is -0.491 e. The molecule has 0 radical (unpaired) electrons. The zero-order chi connectivity index (χ0) is 20.3. The summed E-state index contributed by atoms with van der Waals surface area (Å²) in [5.74, 6) is 1.72. The number of rotatable bonds is 6. The molecule has 0 unspecified atom stereocenters. The number of pyridine rings is 1. The average Bonchev–Trinajstić information content (AvgIpc) is 3.24. The maximum absolute atomic E-state index is 11.8. The molecule has 0 bridgehead atoms. The van der Waals surface area contributed by atoms with Gasteiger partial charge in [0.25, 0.3) is 0 Å². The Balaban J connectivity index is 1.65. The van der Waals surface area contributed by atoms with Gasteiger partial charge in [-0.3, -0.25) is 10.1 Å². The Kier molecular flexibility index (Phi) is 5.62. The van der Waals surface area contributed by atoms with Crippen LogP contribution in [0.5, 0.6) is 11.5 Å². The highest BCUT2D eigenvalue weighted by Crippen LogP contribution is 2.41. The topological polar surface area (TPSA) is 124 Å². The maximum Gasteiger partial charge on any atom is 0.407 e. The molecule has 3 rings (SSSR count). The number of nitrogens with two attached hydrogens (primary N) is 1. The molecule has 1 atom stereocenters. The molecule has 9 nitrogen and oxygen atoms in total. The summed E-state index contributed by atoms with van der Waals surface area (Å²) in [4.78, 5) is 16.2. The van der Waals surface area contributed by atoms with Gasteiger partial charge in [0.05, 0.1) is 36.4 Å². The number of carbonyl (C=O) groups excluding carboxylic acids is 1. The van der Waals surface area contributed by atoms with Crippen LogP contribution in [0.25, 0.3) is 11.3 Å². The molecule has 3 heterocycles. The number of H-pyrrole nitrogens is 1. The predicted molar refractivity (Wildman–Crippen MR) is 104 cm³/mol. The van der Waals surface area contributed by atoms with E-state index in [1.54, 1.807) is 12.3 Å². The summed E-state index contributed by atoms with van der Waals surface area (Å²) in [7, 11) is 0. The lowest BCUT2D eigenvalue weighted by molar-refractivity contribution is 0.0516. The number of hydrogen-bond donors (Lipinski definition) is 3. The van der Waals surface area contributed by atoms with Crippen LogP contribution < -0.4 is 20.5 Å². The monoisotopic (exact) mass is 389 g/mol. The van der Waals surface area contributed by atoms with E-state index in [-0.39, 0.29) is 5.92 Å². The SMILES string of the molecule is C[C@@H](CNC(=O)OC(C)(C)C)COc1cnc2c(c1-c1cc(N)n[nH]1)OCC2. The first-order valence-electron chi connectivity index (χ1n) is 9.28. The number of ether oxygens (including phenoxy) is 3. The number of anilines is 1. The number of nitrogens with one attached hydrogen (secondary N) is 2. The van der Waals surface area contributed by atoms with Crippen molar-refractivity contribution in [3.8, 4) is 22.8 Å². The Labute approximate surface area is 164 Å². The number of nitrogens with zero attached hydrogens (tertiary/aromatic N) is 2. The van der Waals surface area contributed by atoms with Crippen LogP contribution in [0.4, 0.5) is 10.6 Å². The molecule has 0 aromatic carbocycles. The average molecular weight is 389 g/mol. The van der Waals surface area contributed by atoms with Gasteiger partial charge in [-0.15, -0.1) is 0 Å². The second-order valence-corrected chi connectivity index (χ2v) is 7.88. The van der Waals surface area contributed by atoms with Gasteiger partial charge in [0.1, 0.15) is 11.4 Å². The molecule has 4 N–H and O–H groups in total. The third kappa shape index (κ3) is 4.85. The van der Waals surface area contributed by atoms with E-state index >= 15 is 0 Å². The highest BCUT2D eigenvalue weighted by Gasteiger charge is 2.25. The number of nitrogen functional groups attached to an aromatic ring is 1. The molecule has 152 valence electrons. The fourth-order valence-electron chi connectivity index (χ4n) is 2.79. The van der Waals surface area contributed by atoms with E-state index < -0.39 is 11.7 Å². The summed E-state index contributed by atoms with van der Waals surface area (Å²) in [6.07, 6.45) is 2.00. The molecule has 9 heteroatoms. The number of aromatic nitrogens is 3. The smallest absolute Gasteiger partial charge is 0.407 e. The van der Waals surface area contributed by atoms with Crippen LogP contribution in [0.15, 0.2) is 12.3 Å². The second-order valence-electron chi connectivity index (χ2n) is 7.88. The van der Waals surface area contributed by atoms with Gasteiger partial charge in [-0.1, -0.05) is 6.92 Å². The highest BCUT2D eigenvalue weighted by atomic mass is 16.6. The summed E-state index contributed by atoms with van der Waals surface area (Å²) in [5.41, 5.74) is 7.59. The highest BCUT2D eigenvalue weighted by molar-refractivity contribution is 5.76. The fraction of sp³-hybridized carbons (Fsp3) is 0.526. The predicted octanol–water partition coefficient (Wildman–Crippen LogP) is 2.53. The number of amides is 1. The molecular weight excluding hydrogens is 362 g/mol. The van der Waals surface area contributed by atoms with Crippen LogP contribution in [-0.2, 0) is 11.2 Å². The number of carbonyl (C=O) groups is 1. The van der Waals surface area contributed by atoms with Crippen molar-refractivity contribution in [2.75, 3.05) is 25.5 Å². The van der Waals surface area contributed by atoms with Gasteiger partial charge in [0, 0.05) is 24.9 Å². The summed E-state index contributed by atoms with van der Waals surface area (Å²) in [6, 6.07) is 1.73. The fourth-order valence-corrected chi connectivity index (χ4v) is 2.79. The lowest BCUT2D eigenvalue weighted by atomic mass is 10.1. The van der Waals surface area contributed by atoms with E-state index in [9.17, 15) is 4.79 Å². The number of fused-ring (bicyclic) bond motifs is 1. The van der Waals surface area contributed by atoms with Crippen LogP contribution in [0.3, 0.4) is 0 Å². The Morgan fingerprint density at radius 2 is 2.25 bits per heavy atom. The molecule has 1 amide bonds. The lowest BCUT2D eigenvalue weighted by Crippen LogP contribution is -2.35. The molecule has 2 aromatic rings. The minimum absolute atomic E-state index is 0.0568. The van der Waals surface area contributed by atoms with Crippen molar-refractivity contribution < 1.29 is 19.0 Å². The zero-order valence-electron chi connectivity index (χ0n) is 16.7. The first-order valence-corrected chi connectivity index (χ1v) is 9.28. The molecule has 28 heavy (non-hydrogen) atoms. The number of hydrogen-bond acceptors (Lipinski definition) is 7. The van der Waals surface area contributed by atoms with Crippen molar-refractivity contribution in [3.63, 3.8) is 0 Å². The molecule has 0 saturated carbocycles. The first kappa shape index (κ1) is 19.8. The largest absolute Gasteiger partial charge is 0.491 e. The van der Waals surface area contributed by atoms with Crippen molar-refractivity contribution >= 4 is 11.9 Å². The van der Waals surface area contributed by atoms with E-state index in [0.29, 0.717) is 42.8 Å². The quantitative estimate of drug-likeness (QED) is 0.693. The van der Waals surface area contributed by atoms with Crippen LogP contribution >= 0.6 is 0 Å². The summed E-state index contributed by atoms with van der Waals surface area (Å²) < 4.78 is 17.0. The van der Waals surface area contributed by atoms with Gasteiger partial charge >= 0.3 is 6.09 Å². The van der Waals surface area contributed by atoms with E-state index in [1.807, 2.05) is 27.7 Å². The molecule has 1 aliphatic rings. The van der Waals surface area contributed by atoms with Crippen molar-refractivity contribution in [3.05, 3.63) is 18.0 Å². The van der Waals surface area contributed by atoms with Gasteiger partial charge < -0.3 is 25.3 Å². The molecule has 0 spiro atoms.